The highest BCUT2D eigenvalue weighted by Gasteiger charge is 2.39. The number of anilines is 1. The Labute approximate surface area is 112 Å². The summed E-state index contributed by atoms with van der Waals surface area (Å²) in [6, 6.07) is 4.35. The Hall–Kier alpha value is -1.60. The molecule has 3 N–H and O–H groups in total. The molecule has 19 heavy (non-hydrogen) atoms. The lowest BCUT2D eigenvalue weighted by atomic mass is 10.2. The normalized spacial score (nSPS) is 21.8. The third-order valence-electron chi connectivity index (χ3n) is 3.18. The Kier molecular flexibility index (Phi) is 3.51. The van der Waals surface area contributed by atoms with Crippen molar-refractivity contribution in [1.82, 2.24) is 0 Å². The first kappa shape index (κ1) is 13.8. The van der Waals surface area contributed by atoms with Crippen LogP contribution in [0.4, 0.5) is 5.69 Å². The maximum atomic E-state index is 11.8. The molecule has 0 radical (unpaired) electrons. The summed E-state index contributed by atoms with van der Waals surface area (Å²) < 4.78 is 27.8. The standard InChI is InChI=1S/C12H16N2O4S/c1-7-5-9(7)12(15)14-8-3-4-10(18-2)11(6-8)19(13,16)17/h3-4,6-7,9H,5H2,1-2H3,(H,14,15)(H2,13,16,17). The van der Waals surface area contributed by atoms with Crippen LogP contribution in [0.25, 0.3) is 0 Å². The summed E-state index contributed by atoms with van der Waals surface area (Å²) in [5.41, 5.74) is 0.397. The SMILES string of the molecule is COc1ccc(NC(=O)C2CC2C)cc1S(N)(=O)=O. The van der Waals surface area contributed by atoms with Crippen molar-refractivity contribution in [1.29, 1.82) is 0 Å². The van der Waals surface area contributed by atoms with Gasteiger partial charge in [0.05, 0.1) is 7.11 Å². The van der Waals surface area contributed by atoms with Crippen LogP contribution in [0, 0.1) is 11.8 Å². The average Bonchev–Trinajstić information content (AvgIpc) is 3.05. The largest absolute Gasteiger partial charge is 0.495 e. The van der Waals surface area contributed by atoms with Crippen molar-refractivity contribution in [3.8, 4) is 5.75 Å². The topological polar surface area (TPSA) is 98.5 Å². The van der Waals surface area contributed by atoms with E-state index >= 15 is 0 Å². The lowest BCUT2D eigenvalue weighted by Gasteiger charge is -2.10. The number of hydrogen-bond acceptors (Lipinski definition) is 4. The molecule has 1 aromatic rings. The molecule has 1 fully saturated rings. The van der Waals surface area contributed by atoms with Gasteiger partial charge in [-0.05, 0) is 30.5 Å². The second-order valence-electron chi connectivity index (χ2n) is 4.72. The van der Waals surface area contributed by atoms with E-state index in [9.17, 15) is 13.2 Å². The van der Waals surface area contributed by atoms with E-state index in [0.29, 0.717) is 11.6 Å². The van der Waals surface area contributed by atoms with E-state index in [1.807, 2.05) is 6.92 Å². The maximum absolute atomic E-state index is 11.8. The highest BCUT2D eigenvalue weighted by Crippen LogP contribution is 2.38. The van der Waals surface area contributed by atoms with E-state index in [-0.39, 0.29) is 22.5 Å². The molecule has 104 valence electrons. The van der Waals surface area contributed by atoms with E-state index < -0.39 is 10.0 Å². The van der Waals surface area contributed by atoms with Crippen LogP contribution in [0.5, 0.6) is 5.75 Å². The predicted octanol–water partition coefficient (Wildman–Crippen LogP) is 0.937. The van der Waals surface area contributed by atoms with E-state index in [2.05, 4.69) is 5.32 Å². The van der Waals surface area contributed by atoms with Crippen LogP contribution in [0.3, 0.4) is 0 Å². The van der Waals surface area contributed by atoms with E-state index in [1.54, 1.807) is 6.07 Å². The van der Waals surface area contributed by atoms with E-state index in [4.69, 9.17) is 9.88 Å². The van der Waals surface area contributed by atoms with Crippen molar-refractivity contribution >= 4 is 21.6 Å². The summed E-state index contributed by atoms with van der Waals surface area (Å²) in [6.07, 6.45) is 0.865. The van der Waals surface area contributed by atoms with Crippen LogP contribution in [-0.2, 0) is 14.8 Å². The van der Waals surface area contributed by atoms with Gasteiger partial charge < -0.3 is 10.1 Å². The fraction of sp³-hybridized carbons (Fsp3) is 0.417. The fourth-order valence-electron chi connectivity index (χ4n) is 1.90. The number of amides is 1. The van der Waals surface area contributed by atoms with Crippen LogP contribution >= 0.6 is 0 Å². The molecule has 0 spiro atoms. The van der Waals surface area contributed by atoms with Gasteiger partial charge in [-0.2, -0.15) is 0 Å². The molecule has 0 saturated heterocycles. The minimum atomic E-state index is -3.90. The molecule has 0 heterocycles. The predicted molar refractivity (Wildman–Crippen MR) is 70.3 cm³/mol. The van der Waals surface area contributed by atoms with Gasteiger partial charge in [0.15, 0.2) is 0 Å². The number of carbonyl (C=O) groups excluding carboxylic acids is 1. The number of hydrogen-bond donors (Lipinski definition) is 2. The molecule has 2 rings (SSSR count). The second kappa shape index (κ2) is 4.82. The summed E-state index contributed by atoms with van der Waals surface area (Å²) in [5.74, 6) is 0.453. The zero-order chi connectivity index (χ0) is 14.2. The minimum Gasteiger partial charge on any atom is -0.495 e. The first-order chi connectivity index (χ1) is 8.82. The lowest BCUT2D eigenvalue weighted by Crippen LogP contribution is -2.17. The Morgan fingerprint density at radius 3 is 2.58 bits per heavy atom. The van der Waals surface area contributed by atoms with Crippen molar-refractivity contribution in [3.05, 3.63) is 18.2 Å². The molecule has 1 aliphatic carbocycles. The van der Waals surface area contributed by atoms with Crippen LogP contribution in [0.1, 0.15) is 13.3 Å². The molecule has 0 aliphatic heterocycles. The Bertz CT molecular complexity index is 612. The Balaban J connectivity index is 2.25. The molecule has 2 atom stereocenters. The molecule has 1 aromatic carbocycles. The van der Waals surface area contributed by atoms with E-state index in [0.717, 1.165) is 6.42 Å². The van der Waals surface area contributed by atoms with Gasteiger partial charge in [0, 0.05) is 11.6 Å². The van der Waals surface area contributed by atoms with Crippen LogP contribution in [0.2, 0.25) is 0 Å². The van der Waals surface area contributed by atoms with Crippen molar-refractivity contribution in [3.63, 3.8) is 0 Å². The van der Waals surface area contributed by atoms with Gasteiger partial charge in [0.2, 0.25) is 15.9 Å². The maximum Gasteiger partial charge on any atom is 0.241 e. The zero-order valence-corrected chi connectivity index (χ0v) is 11.5. The number of primary sulfonamides is 1. The Morgan fingerprint density at radius 1 is 1.47 bits per heavy atom. The molecule has 2 unspecified atom stereocenters. The quantitative estimate of drug-likeness (QED) is 0.859. The number of carbonyl (C=O) groups is 1. The number of rotatable bonds is 4. The summed E-state index contributed by atoms with van der Waals surface area (Å²) in [6.45, 7) is 1.99. The number of sulfonamides is 1. The van der Waals surface area contributed by atoms with Gasteiger partial charge in [0.25, 0.3) is 0 Å². The number of benzene rings is 1. The third-order valence-corrected chi connectivity index (χ3v) is 4.12. The van der Waals surface area contributed by atoms with Crippen molar-refractivity contribution < 1.29 is 17.9 Å². The first-order valence-corrected chi connectivity index (χ1v) is 7.39. The van der Waals surface area contributed by atoms with Gasteiger partial charge in [-0.3, -0.25) is 4.79 Å². The first-order valence-electron chi connectivity index (χ1n) is 5.84. The number of ether oxygens (including phenoxy) is 1. The van der Waals surface area contributed by atoms with Crippen LogP contribution < -0.4 is 15.2 Å². The molecule has 1 saturated carbocycles. The van der Waals surface area contributed by atoms with E-state index in [1.165, 1.54) is 19.2 Å². The molecule has 6 nitrogen and oxygen atoms in total. The smallest absolute Gasteiger partial charge is 0.241 e. The summed E-state index contributed by atoms with van der Waals surface area (Å²) in [5, 5.41) is 7.79. The summed E-state index contributed by atoms with van der Waals surface area (Å²) in [7, 11) is -2.54. The zero-order valence-electron chi connectivity index (χ0n) is 10.7. The number of methoxy groups -OCH3 is 1. The monoisotopic (exact) mass is 284 g/mol. The molecule has 0 aromatic heterocycles. The van der Waals surface area contributed by atoms with Gasteiger partial charge >= 0.3 is 0 Å². The lowest BCUT2D eigenvalue weighted by molar-refractivity contribution is -0.117. The highest BCUT2D eigenvalue weighted by molar-refractivity contribution is 7.89. The van der Waals surface area contributed by atoms with Crippen molar-refractivity contribution in [2.75, 3.05) is 12.4 Å². The molecule has 7 heteroatoms. The summed E-state index contributed by atoms with van der Waals surface area (Å²) in [4.78, 5) is 11.6. The molecule has 0 bridgehead atoms. The third kappa shape index (κ3) is 3.05. The highest BCUT2D eigenvalue weighted by atomic mass is 32.2. The number of nitrogens with one attached hydrogen (secondary N) is 1. The van der Waals surface area contributed by atoms with Crippen LogP contribution in [-0.4, -0.2) is 21.4 Å². The van der Waals surface area contributed by atoms with Crippen molar-refractivity contribution in [2.45, 2.75) is 18.2 Å². The fourth-order valence-corrected chi connectivity index (χ4v) is 2.62. The van der Waals surface area contributed by atoms with Gasteiger partial charge in [-0.1, -0.05) is 6.92 Å². The van der Waals surface area contributed by atoms with Gasteiger partial charge in [0.1, 0.15) is 10.6 Å². The second-order valence-corrected chi connectivity index (χ2v) is 6.25. The number of nitrogens with two attached hydrogens (primary N) is 1. The van der Waals surface area contributed by atoms with Gasteiger partial charge in [-0.25, -0.2) is 13.6 Å². The van der Waals surface area contributed by atoms with Crippen molar-refractivity contribution in [2.24, 2.45) is 17.0 Å². The summed E-state index contributed by atoms with van der Waals surface area (Å²) >= 11 is 0. The van der Waals surface area contributed by atoms with Crippen LogP contribution in [0.15, 0.2) is 23.1 Å². The molecule has 1 amide bonds. The average molecular weight is 284 g/mol. The molecule has 1 aliphatic rings. The Morgan fingerprint density at radius 2 is 2.11 bits per heavy atom. The molecular formula is C12H16N2O4S. The van der Waals surface area contributed by atoms with Gasteiger partial charge in [-0.15, -0.1) is 0 Å². The molecular weight excluding hydrogens is 268 g/mol. The minimum absolute atomic E-state index is 0.0139.